The summed E-state index contributed by atoms with van der Waals surface area (Å²) in [6.07, 6.45) is 11.3. The van der Waals surface area contributed by atoms with Crippen molar-refractivity contribution in [3.63, 3.8) is 0 Å². The van der Waals surface area contributed by atoms with Crippen LogP contribution in [0.25, 0.3) is 0 Å². The molecular weight excluding hydrogens is 304 g/mol. The van der Waals surface area contributed by atoms with Crippen molar-refractivity contribution in [2.45, 2.75) is 57.8 Å². The highest BCUT2D eigenvalue weighted by Crippen LogP contribution is 2.46. The molecule has 1 N–H and O–H groups in total. The van der Waals surface area contributed by atoms with Gasteiger partial charge in [0.15, 0.2) is 0 Å². The fourth-order valence-corrected chi connectivity index (χ4v) is 4.57. The zero-order valence-corrected chi connectivity index (χ0v) is 14.8. The van der Waals surface area contributed by atoms with Gasteiger partial charge in [-0.25, -0.2) is 0 Å². The van der Waals surface area contributed by atoms with Crippen molar-refractivity contribution >= 4 is 11.8 Å². The summed E-state index contributed by atoms with van der Waals surface area (Å²) in [6.45, 7) is 1.83. The van der Waals surface area contributed by atoms with Gasteiger partial charge in [-0.3, -0.25) is 9.59 Å². The number of nitrogens with one attached hydrogen (secondary N) is 1. The maximum absolute atomic E-state index is 12.4. The first-order valence-corrected chi connectivity index (χ1v) is 9.44. The molecule has 0 bridgehead atoms. The van der Waals surface area contributed by atoms with Gasteiger partial charge in [-0.15, -0.1) is 0 Å². The molecule has 0 aromatic rings. The van der Waals surface area contributed by atoms with E-state index in [0.29, 0.717) is 26.1 Å². The quantitative estimate of drug-likeness (QED) is 0.812. The van der Waals surface area contributed by atoms with Crippen molar-refractivity contribution in [1.82, 2.24) is 10.2 Å². The van der Waals surface area contributed by atoms with Crippen molar-refractivity contribution in [2.75, 3.05) is 26.8 Å². The minimum absolute atomic E-state index is 0.0613. The normalized spacial score (nSPS) is 27.8. The molecule has 2 aliphatic carbocycles. The molecule has 5 heteroatoms. The Balaban J connectivity index is 1.70. The molecule has 1 saturated carbocycles. The Labute approximate surface area is 144 Å². The number of allylic oxidation sites excluding steroid dienone is 1. The molecule has 0 aromatic carbocycles. The fraction of sp³-hybridized carbons (Fsp3) is 0.789. The van der Waals surface area contributed by atoms with Gasteiger partial charge in [0.25, 0.3) is 0 Å². The molecule has 1 unspecified atom stereocenters. The summed E-state index contributed by atoms with van der Waals surface area (Å²) in [5, 5.41) is 3.23. The first-order valence-electron chi connectivity index (χ1n) is 9.44. The molecule has 1 atom stereocenters. The third kappa shape index (κ3) is 3.51. The van der Waals surface area contributed by atoms with Crippen LogP contribution in [0, 0.1) is 11.3 Å². The lowest BCUT2D eigenvalue weighted by atomic mass is 9.69. The molecular formula is C19H30N2O3. The van der Waals surface area contributed by atoms with Crippen LogP contribution in [-0.4, -0.2) is 43.5 Å². The van der Waals surface area contributed by atoms with E-state index < -0.39 is 0 Å². The van der Waals surface area contributed by atoms with E-state index in [1.54, 1.807) is 7.11 Å². The van der Waals surface area contributed by atoms with Gasteiger partial charge in [-0.2, -0.15) is 0 Å². The van der Waals surface area contributed by atoms with E-state index in [4.69, 9.17) is 4.74 Å². The van der Waals surface area contributed by atoms with Crippen LogP contribution in [0.4, 0.5) is 0 Å². The molecule has 3 rings (SSSR count). The number of piperidine rings is 1. The average molecular weight is 334 g/mol. The van der Waals surface area contributed by atoms with Crippen molar-refractivity contribution < 1.29 is 14.3 Å². The molecule has 0 spiro atoms. The van der Waals surface area contributed by atoms with E-state index in [1.807, 2.05) is 4.90 Å². The van der Waals surface area contributed by atoms with Gasteiger partial charge in [-0.1, -0.05) is 18.9 Å². The number of amides is 2. The van der Waals surface area contributed by atoms with Crippen molar-refractivity contribution in [3.8, 4) is 0 Å². The number of carbonyl (C=O) groups is 2. The largest absolute Gasteiger partial charge is 0.383 e. The molecule has 1 aliphatic heterocycles. The molecule has 5 nitrogen and oxygen atoms in total. The van der Waals surface area contributed by atoms with Crippen molar-refractivity contribution in [1.29, 1.82) is 0 Å². The van der Waals surface area contributed by atoms with Crippen LogP contribution in [0.15, 0.2) is 11.8 Å². The lowest BCUT2D eigenvalue weighted by molar-refractivity contribution is -0.134. The van der Waals surface area contributed by atoms with E-state index in [2.05, 4.69) is 11.4 Å². The third-order valence-electron chi connectivity index (χ3n) is 6.00. The second-order valence-electron chi connectivity index (χ2n) is 7.50. The highest BCUT2D eigenvalue weighted by Gasteiger charge is 2.44. The Morgan fingerprint density at radius 2 is 2.12 bits per heavy atom. The van der Waals surface area contributed by atoms with Gasteiger partial charge < -0.3 is 15.0 Å². The number of likely N-dealkylation sites (tertiary alicyclic amines) is 1. The van der Waals surface area contributed by atoms with Crippen LogP contribution in [0.3, 0.4) is 0 Å². The standard InChI is InChI=1S/C19H30N2O3/c1-24-13-12-21-16-8-4-5-10-19(16,11-9-17(21)22)14-20-18(23)15-6-2-3-7-15/h8,15H,2-7,9-14H2,1H3,(H,20,23). The number of nitrogens with zero attached hydrogens (tertiary/aromatic N) is 1. The molecule has 134 valence electrons. The molecule has 2 fully saturated rings. The van der Waals surface area contributed by atoms with E-state index >= 15 is 0 Å². The number of ether oxygens (including phenoxy) is 1. The number of rotatable bonds is 6. The monoisotopic (exact) mass is 334 g/mol. The lowest BCUT2D eigenvalue weighted by Crippen LogP contribution is -2.51. The summed E-state index contributed by atoms with van der Waals surface area (Å²) < 4.78 is 5.18. The Bertz CT molecular complexity index is 511. The topological polar surface area (TPSA) is 58.6 Å². The Morgan fingerprint density at radius 3 is 2.88 bits per heavy atom. The Morgan fingerprint density at radius 1 is 1.33 bits per heavy atom. The second kappa shape index (κ2) is 7.68. The summed E-state index contributed by atoms with van der Waals surface area (Å²) in [6, 6.07) is 0. The van der Waals surface area contributed by atoms with Gasteiger partial charge >= 0.3 is 0 Å². The zero-order valence-electron chi connectivity index (χ0n) is 14.8. The Kier molecular flexibility index (Phi) is 5.59. The van der Waals surface area contributed by atoms with E-state index in [-0.39, 0.29) is 23.1 Å². The summed E-state index contributed by atoms with van der Waals surface area (Å²) in [5.41, 5.74) is 1.07. The molecule has 2 amide bonds. The minimum Gasteiger partial charge on any atom is -0.383 e. The van der Waals surface area contributed by atoms with E-state index in [9.17, 15) is 9.59 Å². The second-order valence-corrected chi connectivity index (χ2v) is 7.50. The zero-order chi connectivity index (χ0) is 17.0. The van der Waals surface area contributed by atoms with Crippen LogP contribution in [-0.2, 0) is 14.3 Å². The molecule has 3 aliphatic rings. The van der Waals surface area contributed by atoms with Crippen molar-refractivity contribution in [3.05, 3.63) is 11.8 Å². The number of carbonyl (C=O) groups excluding carboxylic acids is 2. The molecule has 0 radical (unpaired) electrons. The third-order valence-corrected chi connectivity index (χ3v) is 6.00. The number of hydrogen-bond donors (Lipinski definition) is 1. The van der Waals surface area contributed by atoms with Gasteiger partial charge in [0.05, 0.1) is 6.61 Å². The fourth-order valence-electron chi connectivity index (χ4n) is 4.57. The number of methoxy groups -OCH3 is 1. The number of fused-ring (bicyclic) bond motifs is 1. The predicted molar refractivity (Wildman–Crippen MR) is 92.2 cm³/mol. The van der Waals surface area contributed by atoms with Crippen LogP contribution >= 0.6 is 0 Å². The summed E-state index contributed by atoms with van der Waals surface area (Å²) in [7, 11) is 1.67. The highest BCUT2D eigenvalue weighted by atomic mass is 16.5. The van der Waals surface area contributed by atoms with Gasteiger partial charge in [0, 0.05) is 43.7 Å². The van der Waals surface area contributed by atoms with Gasteiger partial charge in [-0.05, 0) is 38.5 Å². The minimum atomic E-state index is -0.0613. The molecule has 24 heavy (non-hydrogen) atoms. The number of hydrogen-bond acceptors (Lipinski definition) is 3. The summed E-state index contributed by atoms with van der Waals surface area (Å²) >= 11 is 0. The average Bonchev–Trinajstić information content (AvgIpc) is 3.14. The van der Waals surface area contributed by atoms with Crippen molar-refractivity contribution in [2.24, 2.45) is 11.3 Å². The SMILES string of the molecule is COCCN1C(=O)CCC2(CNC(=O)C3CCCC3)CCCC=C12. The lowest BCUT2D eigenvalue weighted by Gasteiger charge is -2.47. The first kappa shape index (κ1) is 17.5. The smallest absolute Gasteiger partial charge is 0.226 e. The summed E-state index contributed by atoms with van der Waals surface area (Å²) in [5.74, 6) is 0.609. The van der Waals surface area contributed by atoms with Gasteiger partial charge in [0.2, 0.25) is 11.8 Å². The van der Waals surface area contributed by atoms with Crippen LogP contribution < -0.4 is 5.32 Å². The first-order chi connectivity index (χ1) is 11.7. The van der Waals surface area contributed by atoms with Gasteiger partial charge in [0.1, 0.15) is 0 Å². The highest BCUT2D eigenvalue weighted by molar-refractivity contribution is 5.81. The summed E-state index contributed by atoms with van der Waals surface area (Å²) in [4.78, 5) is 26.7. The van der Waals surface area contributed by atoms with Crippen LogP contribution in [0.1, 0.15) is 57.8 Å². The predicted octanol–water partition coefficient (Wildman–Crippen LogP) is 2.62. The van der Waals surface area contributed by atoms with E-state index in [1.165, 1.54) is 12.8 Å². The van der Waals surface area contributed by atoms with Crippen LogP contribution in [0.5, 0.6) is 0 Å². The Hall–Kier alpha value is -1.36. The maximum atomic E-state index is 12.4. The van der Waals surface area contributed by atoms with Crippen LogP contribution in [0.2, 0.25) is 0 Å². The maximum Gasteiger partial charge on any atom is 0.226 e. The molecule has 1 heterocycles. The molecule has 0 aromatic heterocycles. The molecule has 1 saturated heterocycles. The van der Waals surface area contributed by atoms with E-state index in [0.717, 1.165) is 44.2 Å².